The van der Waals surface area contributed by atoms with Crippen LogP contribution in [0.2, 0.25) is 0 Å². The molecule has 1 saturated carbocycles. The molecule has 0 radical (unpaired) electrons. The normalized spacial score (nSPS) is 30.4. The highest BCUT2D eigenvalue weighted by Gasteiger charge is 2.77. The molecule has 0 bridgehead atoms. The summed E-state index contributed by atoms with van der Waals surface area (Å²) < 4.78 is 13.4. The lowest BCUT2D eigenvalue weighted by Gasteiger charge is -2.41. The molecule has 1 saturated heterocycles. The molecular weight excluding hydrogens is 534 g/mol. The fraction of sp³-hybridized carbons (Fsp3) is 0.379. The van der Waals surface area contributed by atoms with Crippen LogP contribution < -0.4 is 9.47 Å². The van der Waals surface area contributed by atoms with E-state index in [2.05, 4.69) is 30.7 Å². The van der Waals surface area contributed by atoms with Crippen molar-refractivity contribution in [3.63, 3.8) is 0 Å². The van der Waals surface area contributed by atoms with Gasteiger partial charge in [-0.25, -0.2) is 0 Å². The zero-order valence-corrected chi connectivity index (χ0v) is 22.1. The SMILES string of the molecule is [C-]#[N+]c1cc2c(c(OC)n1)[C@]1(O)[C@H](O)[C@H](CN3CCCC3)[C@@H](c3ccccc3)[C@]1(c1ccc(Br)cc1)O2. The van der Waals surface area contributed by atoms with Crippen LogP contribution in [0.25, 0.3) is 4.85 Å². The molecule has 37 heavy (non-hydrogen) atoms. The first-order valence-corrected chi connectivity index (χ1v) is 13.3. The molecule has 3 heterocycles. The number of ether oxygens (including phenoxy) is 2. The minimum Gasteiger partial charge on any atom is -0.479 e. The second kappa shape index (κ2) is 9.10. The average molecular weight is 562 g/mol. The van der Waals surface area contributed by atoms with Gasteiger partial charge < -0.3 is 29.4 Å². The number of hydrogen-bond acceptors (Lipinski definition) is 6. The third-order valence-corrected chi connectivity index (χ3v) is 8.79. The van der Waals surface area contributed by atoms with E-state index in [1.165, 1.54) is 13.2 Å². The number of pyridine rings is 1. The number of likely N-dealkylation sites (tertiary alicyclic amines) is 1. The van der Waals surface area contributed by atoms with E-state index >= 15 is 0 Å². The van der Waals surface area contributed by atoms with Crippen LogP contribution in [0, 0.1) is 12.5 Å². The maximum atomic E-state index is 12.9. The molecule has 0 amide bonds. The number of benzene rings is 2. The van der Waals surface area contributed by atoms with E-state index in [-0.39, 0.29) is 17.6 Å². The van der Waals surface area contributed by atoms with Crippen molar-refractivity contribution < 1.29 is 19.7 Å². The lowest BCUT2D eigenvalue weighted by Crippen LogP contribution is -2.52. The standard InChI is InChI=1S/C29H28BrN3O4/c1-31-23-16-22-25(27(32-23)36-2)28(35)26(34)21(17-33-14-6-7-15-33)24(18-8-4-3-5-9-18)29(28,37-22)19-10-12-20(30)13-11-19/h3-5,8-13,16,21,24,26,34-35H,6-7,14-15,17H2,2H3/t21-,24-,26-,28+,29+/m1/s1. The molecule has 3 aromatic rings. The smallest absolute Gasteiger partial charge is 0.319 e. The molecule has 1 aliphatic carbocycles. The minimum absolute atomic E-state index is 0.0951. The van der Waals surface area contributed by atoms with Crippen LogP contribution in [-0.4, -0.2) is 52.9 Å². The number of hydrogen-bond donors (Lipinski definition) is 2. The van der Waals surface area contributed by atoms with Gasteiger partial charge in [-0.3, -0.25) is 0 Å². The minimum atomic E-state index is -1.88. The first-order valence-electron chi connectivity index (χ1n) is 12.5. The molecule has 7 nitrogen and oxygen atoms in total. The van der Waals surface area contributed by atoms with Crippen molar-refractivity contribution in [3.05, 3.63) is 93.2 Å². The summed E-state index contributed by atoms with van der Waals surface area (Å²) in [6.45, 7) is 10.1. The van der Waals surface area contributed by atoms with Gasteiger partial charge in [0.2, 0.25) is 0 Å². The Bertz CT molecular complexity index is 1360. The maximum Gasteiger partial charge on any atom is 0.319 e. The lowest BCUT2D eigenvalue weighted by atomic mass is 9.71. The van der Waals surface area contributed by atoms with E-state index in [1.54, 1.807) is 0 Å². The molecule has 3 aliphatic rings. The fourth-order valence-corrected chi connectivity index (χ4v) is 7.05. The highest BCUT2D eigenvalue weighted by atomic mass is 79.9. The number of halogens is 1. The summed E-state index contributed by atoms with van der Waals surface area (Å²) in [5, 5.41) is 25.0. The van der Waals surface area contributed by atoms with Gasteiger partial charge in [0.15, 0.2) is 11.2 Å². The molecule has 5 atom stereocenters. The third-order valence-electron chi connectivity index (χ3n) is 8.26. The Labute approximate surface area is 224 Å². The van der Waals surface area contributed by atoms with E-state index in [0.717, 1.165) is 41.5 Å². The summed E-state index contributed by atoms with van der Waals surface area (Å²) in [4.78, 5) is 10.2. The van der Waals surface area contributed by atoms with Crippen LogP contribution in [0.15, 0.2) is 65.1 Å². The van der Waals surface area contributed by atoms with Crippen molar-refractivity contribution in [1.29, 1.82) is 0 Å². The van der Waals surface area contributed by atoms with Crippen LogP contribution in [0.3, 0.4) is 0 Å². The van der Waals surface area contributed by atoms with Gasteiger partial charge >= 0.3 is 5.88 Å². The zero-order chi connectivity index (χ0) is 25.8. The Morgan fingerprint density at radius 3 is 2.51 bits per heavy atom. The number of aliphatic hydroxyl groups excluding tert-OH is 1. The van der Waals surface area contributed by atoms with Gasteiger partial charge in [-0.05, 0) is 49.2 Å². The van der Waals surface area contributed by atoms with Gasteiger partial charge in [0.25, 0.3) is 5.82 Å². The van der Waals surface area contributed by atoms with Crippen molar-refractivity contribution in [3.8, 4) is 11.6 Å². The molecule has 0 unspecified atom stereocenters. The number of aromatic nitrogens is 1. The van der Waals surface area contributed by atoms with Crippen molar-refractivity contribution in [2.45, 2.75) is 36.1 Å². The molecule has 1 aromatic heterocycles. The molecule has 2 aliphatic heterocycles. The summed E-state index contributed by atoms with van der Waals surface area (Å²) in [7, 11) is 1.46. The molecule has 6 rings (SSSR count). The number of rotatable bonds is 5. The molecular formula is C29H28BrN3O4. The Morgan fingerprint density at radius 1 is 1.16 bits per heavy atom. The predicted molar refractivity (Wildman–Crippen MR) is 142 cm³/mol. The summed E-state index contributed by atoms with van der Waals surface area (Å²) in [6, 6.07) is 19.2. The predicted octanol–water partition coefficient (Wildman–Crippen LogP) is 4.75. The second-order valence-electron chi connectivity index (χ2n) is 10.1. The first kappa shape index (κ1) is 24.4. The van der Waals surface area contributed by atoms with Crippen LogP contribution in [0.4, 0.5) is 5.82 Å². The van der Waals surface area contributed by atoms with Gasteiger partial charge in [-0.1, -0.05) is 70.0 Å². The Hall–Kier alpha value is -2.96. The number of methoxy groups -OCH3 is 1. The highest BCUT2D eigenvalue weighted by Crippen LogP contribution is 2.70. The topological polar surface area (TPSA) is 79.4 Å². The van der Waals surface area contributed by atoms with Crippen molar-refractivity contribution in [2.24, 2.45) is 5.92 Å². The number of fused-ring (bicyclic) bond motifs is 3. The van der Waals surface area contributed by atoms with Gasteiger partial charge in [0, 0.05) is 28.9 Å². The van der Waals surface area contributed by atoms with Crippen LogP contribution in [0.1, 0.15) is 35.4 Å². The summed E-state index contributed by atoms with van der Waals surface area (Å²) in [6.07, 6.45) is 1.06. The summed E-state index contributed by atoms with van der Waals surface area (Å²) in [5.74, 6) is -0.235. The van der Waals surface area contributed by atoms with Crippen LogP contribution in [0.5, 0.6) is 11.6 Å². The summed E-state index contributed by atoms with van der Waals surface area (Å²) in [5.41, 5.74) is -1.26. The van der Waals surface area contributed by atoms with Gasteiger partial charge in [-0.15, -0.1) is 0 Å². The maximum absolute atomic E-state index is 12.9. The van der Waals surface area contributed by atoms with Crippen molar-refractivity contribution in [1.82, 2.24) is 9.88 Å². The highest BCUT2D eigenvalue weighted by molar-refractivity contribution is 9.10. The van der Waals surface area contributed by atoms with E-state index in [9.17, 15) is 10.2 Å². The zero-order valence-electron chi connectivity index (χ0n) is 20.5. The molecule has 2 fully saturated rings. The summed E-state index contributed by atoms with van der Waals surface area (Å²) >= 11 is 3.53. The average Bonchev–Trinajstić information content (AvgIpc) is 3.57. The van der Waals surface area contributed by atoms with E-state index in [0.29, 0.717) is 17.9 Å². The van der Waals surface area contributed by atoms with Crippen LogP contribution >= 0.6 is 15.9 Å². The Balaban J connectivity index is 1.65. The largest absolute Gasteiger partial charge is 0.479 e. The molecule has 0 spiro atoms. The Morgan fingerprint density at radius 2 is 1.86 bits per heavy atom. The van der Waals surface area contributed by atoms with E-state index in [1.807, 2.05) is 54.6 Å². The van der Waals surface area contributed by atoms with Gasteiger partial charge in [0.1, 0.15) is 11.3 Å². The monoisotopic (exact) mass is 561 g/mol. The van der Waals surface area contributed by atoms with Gasteiger partial charge in [-0.2, -0.15) is 0 Å². The molecule has 2 N–H and O–H groups in total. The van der Waals surface area contributed by atoms with Crippen molar-refractivity contribution in [2.75, 3.05) is 26.7 Å². The number of aliphatic hydroxyl groups is 2. The van der Waals surface area contributed by atoms with Gasteiger partial charge in [0.05, 0.1) is 13.2 Å². The van der Waals surface area contributed by atoms with Crippen molar-refractivity contribution >= 4 is 21.7 Å². The first-order chi connectivity index (χ1) is 17.9. The van der Waals surface area contributed by atoms with E-state index < -0.39 is 23.2 Å². The quantitative estimate of drug-likeness (QED) is 0.438. The fourth-order valence-electron chi connectivity index (χ4n) is 6.79. The number of nitrogens with zero attached hydrogens (tertiary/aromatic N) is 3. The Kier molecular flexibility index (Phi) is 6.00. The lowest BCUT2D eigenvalue weighted by molar-refractivity contribution is -0.152. The second-order valence-corrected chi connectivity index (χ2v) is 11.0. The third kappa shape index (κ3) is 3.45. The molecule has 8 heteroatoms. The van der Waals surface area contributed by atoms with E-state index in [4.69, 9.17) is 16.0 Å². The van der Waals surface area contributed by atoms with Crippen LogP contribution in [-0.2, 0) is 11.2 Å². The molecule has 190 valence electrons. The molecule has 2 aromatic carbocycles.